The molecule has 1 aliphatic heterocycles. The molecule has 0 N–H and O–H groups in total. The lowest BCUT2D eigenvalue weighted by Gasteiger charge is -2.41. The molecule has 1 fully saturated rings. The smallest absolute Gasteiger partial charge is 0.369 e. The number of nitrogens with zero attached hydrogens (tertiary/aromatic N) is 2. The van der Waals surface area contributed by atoms with Gasteiger partial charge < -0.3 is 4.90 Å². The summed E-state index contributed by atoms with van der Waals surface area (Å²) in [6.07, 6.45) is -3.05. The van der Waals surface area contributed by atoms with Gasteiger partial charge in [0.25, 0.3) is 0 Å². The molecule has 0 amide bonds. The number of halogens is 3. The lowest BCUT2D eigenvalue weighted by molar-refractivity contribution is -0.150. The highest BCUT2D eigenvalue weighted by Crippen LogP contribution is 2.24. The van der Waals surface area contributed by atoms with E-state index in [4.69, 9.17) is 0 Å². The van der Waals surface area contributed by atoms with Crippen LogP contribution >= 0.6 is 0 Å². The van der Waals surface area contributed by atoms with Gasteiger partial charge in [-0.05, 0) is 31.2 Å². The van der Waals surface area contributed by atoms with Gasteiger partial charge in [-0.25, -0.2) is 8.42 Å². The van der Waals surface area contributed by atoms with Gasteiger partial charge in [0.15, 0.2) is 9.84 Å². The van der Waals surface area contributed by atoms with Crippen molar-refractivity contribution < 1.29 is 21.6 Å². The first-order valence-corrected chi connectivity index (χ1v) is 8.81. The first-order chi connectivity index (χ1) is 10.1. The summed E-state index contributed by atoms with van der Waals surface area (Å²) in [5, 5.41) is 0. The van der Waals surface area contributed by atoms with Crippen molar-refractivity contribution in [2.24, 2.45) is 0 Å². The van der Waals surface area contributed by atoms with E-state index in [2.05, 4.69) is 0 Å². The van der Waals surface area contributed by atoms with Crippen LogP contribution in [0.25, 0.3) is 0 Å². The second-order valence-electron chi connectivity index (χ2n) is 5.65. The van der Waals surface area contributed by atoms with Crippen molar-refractivity contribution in [2.45, 2.75) is 24.0 Å². The predicted octanol–water partition coefficient (Wildman–Crippen LogP) is 2.16. The molecule has 124 valence electrons. The average molecular weight is 336 g/mol. The van der Waals surface area contributed by atoms with E-state index in [1.807, 2.05) is 4.90 Å². The van der Waals surface area contributed by atoms with Crippen LogP contribution in [0.4, 0.5) is 18.9 Å². The molecule has 0 radical (unpaired) electrons. The number of piperazine rings is 1. The van der Waals surface area contributed by atoms with Gasteiger partial charge in [0.2, 0.25) is 0 Å². The maximum absolute atomic E-state index is 12.5. The molecule has 0 saturated carbocycles. The molecule has 1 saturated heterocycles. The van der Waals surface area contributed by atoms with Crippen LogP contribution in [0.15, 0.2) is 29.2 Å². The molecular weight excluding hydrogens is 317 g/mol. The van der Waals surface area contributed by atoms with Crippen molar-refractivity contribution in [1.82, 2.24) is 4.90 Å². The predicted molar refractivity (Wildman–Crippen MR) is 78.9 cm³/mol. The summed E-state index contributed by atoms with van der Waals surface area (Å²) < 4.78 is 60.3. The fourth-order valence-electron chi connectivity index (χ4n) is 2.60. The Kier molecular flexibility index (Phi) is 4.72. The quantitative estimate of drug-likeness (QED) is 0.848. The molecule has 1 aliphatic rings. The molecule has 1 unspecified atom stereocenters. The summed E-state index contributed by atoms with van der Waals surface area (Å²) in [6, 6.07) is 6.23. The minimum atomic E-state index is -4.19. The lowest BCUT2D eigenvalue weighted by atomic mass is 10.1. The second kappa shape index (κ2) is 6.08. The van der Waals surface area contributed by atoms with Gasteiger partial charge in [0, 0.05) is 37.6 Å². The largest absolute Gasteiger partial charge is 0.401 e. The molecule has 22 heavy (non-hydrogen) atoms. The third-order valence-electron chi connectivity index (χ3n) is 3.78. The van der Waals surface area contributed by atoms with Gasteiger partial charge in [-0.15, -0.1) is 0 Å². The first kappa shape index (κ1) is 17.1. The fourth-order valence-corrected chi connectivity index (χ4v) is 3.23. The van der Waals surface area contributed by atoms with Crippen LogP contribution in [-0.4, -0.2) is 58.0 Å². The van der Waals surface area contributed by atoms with Crippen LogP contribution in [0.3, 0.4) is 0 Å². The van der Waals surface area contributed by atoms with Crippen molar-refractivity contribution in [1.29, 1.82) is 0 Å². The Labute approximate surface area is 128 Å². The summed E-state index contributed by atoms with van der Waals surface area (Å²) in [5.74, 6) is 0. The standard InChI is InChI=1S/C14H19F3N2O2S/c1-11-9-18(7-8-19(11)10-14(15,16)17)12-3-5-13(6-4-12)22(2,20)21/h3-6,11H,7-10H2,1-2H3. The Hall–Kier alpha value is -1.28. The highest BCUT2D eigenvalue weighted by molar-refractivity contribution is 7.90. The van der Waals surface area contributed by atoms with E-state index in [-0.39, 0.29) is 10.9 Å². The number of hydrogen-bond donors (Lipinski definition) is 0. The molecule has 0 aliphatic carbocycles. The van der Waals surface area contributed by atoms with Crippen LogP contribution in [0.1, 0.15) is 6.92 Å². The molecule has 0 spiro atoms. The summed E-state index contributed by atoms with van der Waals surface area (Å²) in [4.78, 5) is 3.63. The van der Waals surface area contributed by atoms with Gasteiger partial charge in [0.1, 0.15) is 0 Å². The SMILES string of the molecule is CC1CN(c2ccc(S(C)(=O)=O)cc2)CCN1CC(F)(F)F. The third-order valence-corrected chi connectivity index (χ3v) is 4.91. The molecule has 1 atom stereocenters. The topological polar surface area (TPSA) is 40.6 Å². The van der Waals surface area contributed by atoms with Crippen molar-refractivity contribution in [3.8, 4) is 0 Å². The van der Waals surface area contributed by atoms with E-state index < -0.39 is 22.6 Å². The number of hydrogen-bond acceptors (Lipinski definition) is 4. The Balaban J connectivity index is 2.04. The zero-order chi connectivity index (χ0) is 16.5. The Bertz CT molecular complexity index is 614. The number of alkyl halides is 3. The van der Waals surface area contributed by atoms with E-state index in [1.54, 1.807) is 19.1 Å². The van der Waals surface area contributed by atoms with Crippen LogP contribution in [-0.2, 0) is 9.84 Å². The molecule has 1 aromatic carbocycles. The van der Waals surface area contributed by atoms with Crippen LogP contribution < -0.4 is 4.90 Å². The molecule has 1 aromatic rings. The van der Waals surface area contributed by atoms with Crippen LogP contribution in [0.2, 0.25) is 0 Å². The molecule has 1 heterocycles. The highest BCUT2D eigenvalue weighted by atomic mass is 32.2. The van der Waals surface area contributed by atoms with E-state index in [0.29, 0.717) is 19.6 Å². The van der Waals surface area contributed by atoms with Gasteiger partial charge in [-0.1, -0.05) is 0 Å². The number of benzene rings is 1. The van der Waals surface area contributed by atoms with Crippen molar-refractivity contribution >= 4 is 15.5 Å². The van der Waals surface area contributed by atoms with E-state index in [1.165, 1.54) is 17.0 Å². The minimum absolute atomic E-state index is 0.218. The minimum Gasteiger partial charge on any atom is -0.369 e. The van der Waals surface area contributed by atoms with Crippen molar-refractivity contribution in [3.63, 3.8) is 0 Å². The Morgan fingerprint density at radius 3 is 2.23 bits per heavy atom. The summed E-state index contributed by atoms with van der Waals surface area (Å²) in [5.41, 5.74) is 0.825. The highest BCUT2D eigenvalue weighted by Gasteiger charge is 2.35. The van der Waals surface area contributed by atoms with Gasteiger partial charge in [0.05, 0.1) is 11.4 Å². The second-order valence-corrected chi connectivity index (χ2v) is 7.66. The van der Waals surface area contributed by atoms with Gasteiger partial charge in [-0.3, -0.25) is 4.90 Å². The Morgan fingerprint density at radius 2 is 1.77 bits per heavy atom. The average Bonchev–Trinajstić information content (AvgIpc) is 2.39. The zero-order valence-electron chi connectivity index (χ0n) is 12.5. The normalized spacial score (nSPS) is 21.1. The van der Waals surface area contributed by atoms with E-state index in [9.17, 15) is 21.6 Å². The summed E-state index contributed by atoms with van der Waals surface area (Å²) in [7, 11) is -3.24. The summed E-state index contributed by atoms with van der Waals surface area (Å²) in [6.45, 7) is 2.17. The maximum atomic E-state index is 12.5. The molecule has 8 heteroatoms. The number of rotatable bonds is 3. The monoisotopic (exact) mass is 336 g/mol. The fraction of sp³-hybridized carbons (Fsp3) is 0.571. The number of sulfone groups is 1. The molecular formula is C14H19F3N2O2S. The molecule has 4 nitrogen and oxygen atoms in total. The van der Waals surface area contributed by atoms with Crippen LogP contribution in [0.5, 0.6) is 0 Å². The number of anilines is 1. The summed E-state index contributed by atoms with van der Waals surface area (Å²) >= 11 is 0. The molecule has 0 bridgehead atoms. The van der Waals surface area contributed by atoms with E-state index >= 15 is 0 Å². The third kappa shape index (κ3) is 4.36. The maximum Gasteiger partial charge on any atom is 0.401 e. The van der Waals surface area contributed by atoms with Gasteiger partial charge in [-0.2, -0.15) is 13.2 Å². The first-order valence-electron chi connectivity index (χ1n) is 6.92. The molecule has 0 aromatic heterocycles. The molecule has 2 rings (SSSR count). The van der Waals surface area contributed by atoms with Crippen molar-refractivity contribution in [2.75, 3.05) is 37.3 Å². The lowest BCUT2D eigenvalue weighted by Crippen LogP contribution is -2.54. The van der Waals surface area contributed by atoms with Crippen molar-refractivity contribution in [3.05, 3.63) is 24.3 Å². The zero-order valence-corrected chi connectivity index (χ0v) is 13.3. The van der Waals surface area contributed by atoms with Gasteiger partial charge >= 0.3 is 6.18 Å². The van der Waals surface area contributed by atoms with E-state index in [0.717, 1.165) is 11.9 Å². The van der Waals surface area contributed by atoms with Crippen LogP contribution in [0, 0.1) is 0 Å². The Morgan fingerprint density at radius 1 is 1.18 bits per heavy atom.